The molecule has 6 heteroatoms. The van der Waals surface area contributed by atoms with Crippen LogP contribution in [0.2, 0.25) is 0 Å². The minimum atomic E-state index is -0.467. The maximum atomic E-state index is 14.1. The van der Waals surface area contributed by atoms with Crippen molar-refractivity contribution >= 4 is 64.6 Å². The zero-order valence-electron chi connectivity index (χ0n) is 21.5. The van der Waals surface area contributed by atoms with E-state index in [1.807, 2.05) is 42.5 Å². The minimum Gasteiger partial charge on any atom is -0.456 e. The molecule has 0 saturated carbocycles. The van der Waals surface area contributed by atoms with Gasteiger partial charge in [0.25, 0.3) is 0 Å². The number of benzene rings is 4. The predicted molar refractivity (Wildman–Crippen MR) is 159 cm³/mol. The number of fused-ring (bicyclic) bond motifs is 7. The number of hydrogen-bond donors (Lipinski definition) is 0. The van der Waals surface area contributed by atoms with Crippen molar-refractivity contribution in [3.8, 4) is 17.1 Å². The van der Waals surface area contributed by atoms with Gasteiger partial charge in [0.05, 0.1) is 16.7 Å². The number of halogens is 1. The van der Waals surface area contributed by atoms with Crippen LogP contribution in [-0.2, 0) is 0 Å². The van der Waals surface area contributed by atoms with E-state index in [1.165, 1.54) is 17.4 Å². The van der Waals surface area contributed by atoms with Crippen molar-refractivity contribution in [2.24, 2.45) is 0 Å². The highest BCUT2D eigenvalue weighted by molar-refractivity contribution is 7.26. The molecule has 0 atom stereocenters. The molecule has 39 heavy (non-hydrogen) atoms. The van der Waals surface area contributed by atoms with Crippen molar-refractivity contribution in [1.82, 2.24) is 14.5 Å². The average Bonchev–Trinajstić information content (AvgIpc) is 3.61. The van der Waals surface area contributed by atoms with Crippen molar-refractivity contribution in [3.05, 3.63) is 102 Å². The van der Waals surface area contributed by atoms with Crippen LogP contribution >= 0.6 is 11.3 Å². The Bertz CT molecular complexity index is 2290. The fourth-order valence-corrected chi connectivity index (χ4v) is 7.28. The van der Waals surface area contributed by atoms with Crippen LogP contribution < -0.4 is 0 Å². The molecule has 0 fully saturated rings. The molecule has 0 bridgehead atoms. The number of imidazole rings is 1. The highest BCUT2D eigenvalue weighted by Gasteiger charge is 2.23. The Balaban J connectivity index is 1.50. The smallest absolute Gasteiger partial charge is 0.214 e. The molecular formula is C33H22FN3OS. The Morgan fingerprint density at radius 1 is 0.795 bits per heavy atom. The van der Waals surface area contributed by atoms with Gasteiger partial charge in [-0.15, -0.1) is 11.3 Å². The number of hydrogen-bond acceptors (Lipinski definition) is 4. The molecule has 0 saturated heterocycles. The first-order valence-corrected chi connectivity index (χ1v) is 13.7. The Morgan fingerprint density at radius 3 is 2.51 bits per heavy atom. The summed E-state index contributed by atoms with van der Waals surface area (Å²) in [5, 5.41) is 4.30. The summed E-state index contributed by atoms with van der Waals surface area (Å²) in [6.45, 7) is 6.37. The molecule has 0 radical (unpaired) electrons. The lowest BCUT2D eigenvalue weighted by Crippen LogP contribution is -2.03. The molecule has 4 aromatic carbocycles. The number of thiophene rings is 1. The average molecular weight is 528 g/mol. The number of rotatable bonds is 2. The summed E-state index contributed by atoms with van der Waals surface area (Å²) in [7, 11) is 0. The molecular weight excluding hydrogens is 505 g/mol. The van der Waals surface area contributed by atoms with Crippen molar-refractivity contribution in [3.63, 3.8) is 0 Å². The summed E-state index contributed by atoms with van der Waals surface area (Å²) in [5.74, 6) is 0.376. The van der Waals surface area contributed by atoms with Crippen LogP contribution in [0.1, 0.15) is 16.7 Å². The van der Waals surface area contributed by atoms with Gasteiger partial charge in [0.15, 0.2) is 0 Å². The van der Waals surface area contributed by atoms with E-state index in [0.29, 0.717) is 4.83 Å². The van der Waals surface area contributed by atoms with Crippen molar-refractivity contribution in [2.45, 2.75) is 20.8 Å². The van der Waals surface area contributed by atoms with Gasteiger partial charge < -0.3 is 4.42 Å². The third-order valence-corrected chi connectivity index (χ3v) is 8.88. The summed E-state index contributed by atoms with van der Waals surface area (Å²) in [4.78, 5) is 10.1. The number of nitrogens with zero attached hydrogens (tertiary/aromatic N) is 3. The number of furan rings is 1. The van der Waals surface area contributed by atoms with E-state index >= 15 is 0 Å². The van der Waals surface area contributed by atoms with E-state index in [0.717, 1.165) is 82.2 Å². The van der Waals surface area contributed by atoms with E-state index in [4.69, 9.17) is 9.40 Å². The topological polar surface area (TPSA) is 43.9 Å². The summed E-state index contributed by atoms with van der Waals surface area (Å²) >= 11 is 1.52. The fraction of sp³-hybridized carbons (Fsp3) is 0.0909. The molecule has 4 aromatic heterocycles. The van der Waals surface area contributed by atoms with Gasteiger partial charge in [-0.25, -0.2) is 9.97 Å². The first-order valence-electron chi connectivity index (χ1n) is 12.9. The highest BCUT2D eigenvalue weighted by Crippen LogP contribution is 2.43. The van der Waals surface area contributed by atoms with E-state index in [2.05, 4.69) is 60.7 Å². The molecule has 0 amide bonds. The first-order chi connectivity index (χ1) is 19.0. The van der Waals surface area contributed by atoms with Crippen molar-refractivity contribution in [1.29, 1.82) is 0 Å². The second-order valence-electron chi connectivity index (χ2n) is 10.1. The van der Waals surface area contributed by atoms with E-state index in [1.54, 1.807) is 0 Å². The maximum absolute atomic E-state index is 14.1. The largest absolute Gasteiger partial charge is 0.456 e. The van der Waals surface area contributed by atoms with Crippen LogP contribution in [0, 0.1) is 26.7 Å². The zero-order valence-corrected chi connectivity index (χ0v) is 22.4. The second kappa shape index (κ2) is 7.98. The Kier molecular flexibility index (Phi) is 4.59. The predicted octanol–water partition coefficient (Wildman–Crippen LogP) is 9.42. The van der Waals surface area contributed by atoms with E-state index in [-0.39, 0.29) is 0 Å². The minimum absolute atomic E-state index is 0.467. The standard InChI is InChI=1S/C33H22FN3OS/c1-17-12-13-22(31-28(17)21-14-15-27(34)36-33(21)39-31)32-35-24-9-5-6-10-25(24)37(32)29-18(2)16-23-20-8-4-7-11-26(20)38-30(23)19(29)3/h4-16H,1-3H3. The monoisotopic (exact) mass is 527 g/mol. The Hall–Kier alpha value is -4.55. The normalized spacial score (nSPS) is 12.1. The molecule has 8 aromatic rings. The van der Waals surface area contributed by atoms with Crippen LogP contribution in [0.5, 0.6) is 0 Å². The molecule has 0 aliphatic carbocycles. The SMILES string of the molecule is Cc1cc2c(oc3ccccc32)c(C)c1-n1c(-c2ccc(C)c3c2sc2nc(F)ccc23)nc2ccccc21. The van der Waals surface area contributed by atoms with Crippen molar-refractivity contribution in [2.75, 3.05) is 0 Å². The zero-order chi connectivity index (χ0) is 26.4. The Labute approximate surface area is 227 Å². The van der Waals surface area contributed by atoms with Gasteiger partial charge in [0, 0.05) is 37.4 Å². The quantitative estimate of drug-likeness (QED) is 0.210. The third kappa shape index (κ3) is 3.09. The van der Waals surface area contributed by atoms with Gasteiger partial charge >= 0.3 is 0 Å². The lowest BCUT2D eigenvalue weighted by molar-refractivity contribution is 0.590. The van der Waals surface area contributed by atoms with Gasteiger partial charge in [0.2, 0.25) is 5.95 Å². The van der Waals surface area contributed by atoms with Crippen LogP contribution in [-0.4, -0.2) is 14.5 Å². The molecule has 0 aliphatic heterocycles. The highest BCUT2D eigenvalue weighted by atomic mass is 32.1. The third-order valence-electron chi connectivity index (χ3n) is 7.75. The Morgan fingerprint density at radius 2 is 1.62 bits per heavy atom. The fourth-order valence-electron chi connectivity index (χ4n) is 6.03. The van der Waals surface area contributed by atoms with Gasteiger partial charge in [-0.2, -0.15) is 4.39 Å². The second-order valence-corrected chi connectivity index (χ2v) is 11.1. The molecule has 0 aliphatic rings. The molecule has 0 spiro atoms. The van der Waals surface area contributed by atoms with Crippen LogP contribution in [0.25, 0.3) is 70.3 Å². The number of pyridine rings is 1. The maximum Gasteiger partial charge on any atom is 0.214 e. The molecule has 4 nitrogen and oxygen atoms in total. The van der Waals surface area contributed by atoms with Gasteiger partial charge in [-0.05, 0) is 74.4 Å². The molecule has 0 unspecified atom stereocenters. The van der Waals surface area contributed by atoms with Crippen LogP contribution in [0.3, 0.4) is 0 Å². The lowest BCUT2D eigenvalue weighted by Gasteiger charge is -2.16. The van der Waals surface area contributed by atoms with Crippen molar-refractivity contribution < 1.29 is 8.81 Å². The first kappa shape index (κ1) is 22.4. The van der Waals surface area contributed by atoms with Crippen LogP contribution in [0.15, 0.2) is 83.3 Å². The van der Waals surface area contributed by atoms with Gasteiger partial charge in [-0.1, -0.05) is 36.4 Å². The molecule has 4 heterocycles. The van der Waals surface area contributed by atoms with E-state index in [9.17, 15) is 4.39 Å². The van der Waals surface area contributed by atoms with E-state index < -0.39 is 5.95 Å². The lowest BCUT2D eigenvalue weighted by atomic mass is 10.0. The van der Waals surface area contributed by atoms with Gasteiger partial charge in [-0.3, -0.25) is 4.57 Å². The summed E-state index contributed by atoms with van der Waals surface area (Å²) in [6.07, 6.45) is 0. The summed E-state index contributed by atoms with van der Waals surface area (Å²) in [6, 6.07) is 26.1. The van der Waals surface area contributed by atoms with Crippen LogP contribution in [0.4, 0.5) is 4.39 Å². The molecule has 0 N–H and O–H groups in total. The number of aryl methyl sites for hydroxylation is 3. The number of aromatic nitrogens is 3. The summed E-state index contributed by atoms with van der Waals surface area (Å²) in [5.41, 5.74) is 9.09. The molecule has 188 valence electrons. The van der Waals surface area contributed by atoms with Gasteiger partial charge in [0.1, 0.15) is 21.8 Å². The number of para-hydroxylation sites is 3. The summed E-state index contributed by atoms with van der Waals surface area (Å²) < 4.78 is 23.8. The molecule has 8 rings (SSSR count).